The Balaban J connectivity index is 1.50. The normalized spacial score (nSPS) is 12.4. The summed E-state index contributed by atoms with van der Waals surface area (Å²) in [5.41, 5.74) is 3.24. The fraction of sp³-hybridized carbons (Fsp3) is 0.222. The van der Waals surface area contributed by atoms with E-state index in [0.29, 0.717) is 22.9 Å². The lowest BCUT2D eigenvalue weighted by Crippen LogP contribution is -1.88. The van der Waals surface area contributed by atoms with Crippen molar-refractivity contribution >= 4 is 23.1 Å². The van der Waals surface area contributed by atoms with Crippen LogP contribution in [-0.4, -0.2) is 20.4 Å². The third-order valence-corrected chi connectivity index (χ3v) is 5.45. The van der Waals surface area contributed by atoms with Crippen LogP contribution in [0.2, 0.25) is 0 Å². The first-order valence-corrected chi connectivity index (χ1v) is 9.80. The second-order valence-corrected chi connectivity index (χ2v) is 8.17. The van der Waals surface area contributed by atoms with Crippen molar-refractivity contribution in [3.63, 3.8) is 0 Å². The molecule has 132 valence electrons. The van der Waals surface area contributed by atoms with E-state index < -0.39 is 0 Å². The molecule has 0 fully saturated rings. The van der Waals surface area contributed by atoms with Crippen molar-refractivity contribution in [2.45, 2.75) is 31.2 Å². The smallest absolute Gasteiger partial charge is 0.277 e. The number of hydrogen-bond donors (Lipinski definition) is 0. The molecule has 0 amide bonds. The highest BCUT2D eigenvalue weighted by Crippen LogP contribution is 2.36. The molecule has 0 aliphatic heterocycles. The van der Waals surface area contributed by atoms with E-state index in [0.717, 1.165) is 21.6 Å². The summed E-state index contributed by atoms with van der Waals surface area (Å²) in [7, 11) is 0. The molecule has 1 atom stereocenters. The Kier molecular flexibility index (Phi) is 4.60. The van der Waals surface area contributed by atoms with E-state index >= 15 is 0 Å². The summed E-state index contributed by atoms with van der Waals surface area (Å²) < 4.78 is 11.6. The number of benzene rings is 1. The molecule has 8 heteroatoms. The van der Waals surface area contributed by atoms with E-state index in [9.17, 15) is 0 Å². The predicted octanol–water partition coefficient (Wildman–Crippen LogP) is 5.32. The molecule has 0 saturated heterocycles. The number of nitrogens with zero attached hydrogens (tertiary/aromatic N) is 4. The van der Waals surface area contributed by atoms with Crippen molar-refractivity contribution in [1.29, 1.82) is 0 Å². The van der Waals surface area contributed by atoms with Gasteiger partial charge in [0.1, 0.15) is 0 Å². The fourth-order valence-corrected chi connectivity index (χ4v) is 3.93. The number of thiophene rings is 1. The summed E-state index contributed by atoms with van der Waals surface area (Å²) >= 11 is 2.96. The topological polar surface area (TPSA) is 77.8 Å². The van der Waals surface area contributed by atoms with Gasteiger partial charge in [-0.05, 0) is 44.4 Å². The van der Waals surface area contributed by atoms with Crippen LogP contribution < -0.4 is 0 Å². The summed E-state index contributed by atoms with van der Waals surface area (Å²) in [5.74, 6) is 1.57. The van der Waals surface area contributed by atoms with Crippen LogP contribution >= 0.6 is 23.1 Å². The first kappa shape index (κ1) is 17.0. The second kappa shape index (κ2) is 7.05. The Labute approximate surface area is 158 Å². The molecule has 0 radical (unpaired) electrons. The van der Waals surface area contributed by atoms with Gasteiger partial charge in [-0.3, -0.25) is 0 Å². The second-order valence-electron chi connectivity index (χ2n) is 5.93. The minimum absolute atomic E-state index is 0.0937. The maximum absolute atomic E-state index is 5.80. The van der Waals surface area contributed by atoms with Gasteiger partial charge in [0.05, 0.1) is 10.1 Å². The molecule has 26 heavy (non-hydrogen) atoms. The molecule has 0 aliphatic carbocycles. The van der Waals surface area contributed by atoms with Crippen molar-refractivity contribution < 1.29 is 8.83 Å². The molecule has 6 nitrogen and oxygen atoms in total. The van der Waals surface area contributed by atoms with Crippen LogP contribution in [0.15, 0.2) is 49.8 Å². The maximum atomic E-state index is 5.80. The standard InChI is InChI=1S/C18H16N4O2S2/c1-10-7-11(2)9-13(8-10)16-20-22-18(24-16)26-12(3)15-19-21-17(23-15)14-5-4-6-25-14/h4-9,12H,1-3H3/t12-/m1/s1. The van der Waals surface area contributed by atoms with Gasteiger partial charge in [0.15, 0.2) is 0 Å². The summed E-state index contributed by atoms with van der Waals surface area (Å²) in [6, 6.07) is 10.1. The molecular weight excluding hydrogens is 368 g/mol. The number of aryl methyl sites for hydroxylation is 2. The van der Waals surface area contributed by atoms with Crippen molar-refractivity contribution in [3.05, 3.63) is 52.7 Å². The van der Waals surface area contributed by atoms with Crippen molar-refractivity contribution in [3.8, 4) is 22.2 Å². The minimum atomic E-state index is -0.0937. The number of hydrogen-bond acceptors (Lipinski definition) is 8. The molecule has 3 heterocycles. The Morgan fingerprint density at radius 1 is 0.962 bits per heavy atom. The van der Waals surface area contributed by atoms with Gasteiger partial charge >= 0.3 is 0 Å². The molecule has 0 N–H and O–H groups in total. The van der Waals surface area contributed by atoms with E-state index in [1.165, 1.54) is 11.8 Å². The monoisotopic (exact) mass is 384 g/mol. The largest absolute Gasteiger partial charge is 0.419 e. The molecule has 0 aliphatic rings. The van der Waals surface area contributed by atoms with E-state index in [-0.39, 0.29) is 5.25 Å². The summed E-state index contributed by atoms with van der Waals surface area (Å²) in [5, 5.41) is 18.9. The Morgan fingerprint density at radius 3 is 2.46 bits per heavy atom. The molecule has 1 aromatic carbocycles. The van der Waals surface area contributed by atoms with Crippen LogP contribution in [0.25, 0.3) is 22.2 Å². The minimum Gasteiger partial charge on any atom is -0.419 e. The molecule has 4 aromatic rings. The van der Waals surface area contributed by atoms with Crippen LogP contribution in [0.1, 0.15) is 29.2 Å². The van der Waals surface area contributed by atoms with Crippen LogP contribution in [0.4, 0.5) is 0 Å². The first-order chi connectivity index (χ1) is 12.6. The van der Waals surface area contributed by atoms with Crippen LogP contribution in [0, 0.1) is 13.8 Å². The summed E-state index contributed by atoms with van der Waals surface area (Å²) in [6.07, 6.45) is 0. The van der Waals surface area contributed by atoms with Gasteiger partial charge in [-0.2, -0.15) is 0 Å². The third-order valence-electron chi connectivity index (χ3n) is 3.67. The average molecular weight is 384 g/mol. The third kappa shape index (κ3) is 3.56. The molecule has 0 saturated carbocycles. The molecule has 0 bridgehead atoms. The zero-order valence-electron chi connectivity index (χ0n) is 14.5. The highest BCUT2D eigenvalue weighted by Gasteiger charge is 2.20. The molecule has 4 rings (SSSR count). The highest BCUT2D eigenvalue weighted by molar-refractivity contribution is 7.99. The van der Waals surface area contributed by atoms with Gasteiger partial charge < -0.3 is 8.83 Å². The van der Waals surface area contributed by atoms with Crippen molar-refractivity contribution in [2.24, 2.45) is 0 Å². The van der Waals surface area contributed by atoms with E-state index in [1.54, 1.807) is 11.3 Å². The lowest BCUT2D eigenvalue weighted by atomic mass is 10.1. The van der Waals surface area contributed by atoms with Gasteiger partial charge in [-0.25, -0.2) is 0 Å². The predicted molar refractivity (Wildman–Crippen MR) is 101 cm³/mol. The summed E-state index contributed by atoms with van der Waals surface area (Å²) in [6.45, 7) is 6.06. The van der Waals surface area contributed by atoms with Gasteiger partial charge in [-0.1, -0.05) is 35.0 Å². The zero-order chi connectivity index (χ0) is 18.1. The number of aromatic nitrogens is 4. The fourth-order valence-electron chi connectivity index (χ4n) is 2.57. The van der Waals surface area contributed by atoms with Crippen molar-refractivity contribution in [1.82, 2.24) is 20.4 Å². The zero-order valence-corrected chi connectivity index (χ0v) is 16.1. The molecule has 0 unspecified atom stereocenters. The quantitative estimate of drug-likeness (QED) is 0.431. The first-order valence-electron chi connectivity index (χ1n) is 8.04. The number of thioether (sulfide) groups is 1. The van der Waals surface area contributed by atoms with Crippen molar-refractivity contribution in [2.75, 3.05) is 0 Å². The maximum Gasteiger partial charge on any atom is 0.277 e. The molecular formula is C18H16N4O2S2. The molecule has 3 aromatic heterocycles. The van der Waals surface area contributed by atoms with E-state index in [2.05, 4.69) is 26.5 Å². The van der Waals surface area contributed by atoms with Crippen LogP contribution in [0.3, 0.4) is 0 Å². The van der Waals surface area contributed by atoms with Gasteiger partial charge in [0.25, 0.3) is 11.1 Å². The van der Waals surface area contributed by atoms with Gasteiger partial charge in [0.2, 0.25) is 11.8 Å². The van der Waals surface area contributed by atoms with Crippen LogP contribution in [0.5, 0.6) is 0 Å². The summed E-state index contributed by atoms with van der Waals surface area (Å²) in [4.78, 5) is 0.954. The lowest BCUT2D eigenvalue weighted by Gasteiger charge is -2.02. The van der Waals surface area contributed by atoms with Gasteiger partial charge in [0, 0.05) is 5.56 Å². The SMILES string of the molecule is Cc1cc(C)cc(-c2nnc(S[C@H](C)c3nnc(-c4cccs4)o3)o2)c1. The van der Waals surface area contributed by atoms with E-state index in [4.69, 9.17) is 8.83 Å². The highest BCUT2D eigenvalue weighted by atomic mass is 32.2. The Morgan fingerprint density at radius 2 is 1.73 bits per heavy atom. The molecule has 0 spiro atoms. The van der Waals surface area contributed by atoms with Gasteiger partial charge in [-0.15, -0.1) is 31.7 Å². The van der Waals surface area contributed by atoms with E-state index in [1.807, 2.05) is 50.4 Å². The number of rotatable bonds is 5. The Bertz CT molecular complexity index is 1000. The average Bonchev–Trinajstić information content (AvgIpc) is 3.34. The Hall–Kier alpha value is -2.45. The lowest BCUT2D eigenvalue weighted by molar-refractivity contribution is 0.461. The van der Waals surface area contributed by atoms with Crippen LogP contribution in [-0.2, 0) is 0 Å².